The number of phenols is 1. The van der Waals surface area contributed by atoms with Crippen LogP contribution < -0.4 is 4.74 Å². The monoisotopic (exact) mass is 293 g/mol. The summed E-state index contributed by atoms with van der Waals surface area (Å²) in [7, 11) is 0. The number of aromatic hydroxyl groups is 1. The first-order chi connectivity index (χ1) is 10.8. The van der Waals surface area contributed by atoms with Gasteiger partial charge in [0.15, 0.2) is 0 Å². The van der Waals surface area contributed by atoms with E-state index in [2.05, 4.69) is 24.3 Å². The summed E-state index contributed by atoms with van der Waals surface area (Å²) in [5, 5.41) is 19.2. The summed E-state index contributed by atoms with van der Waals surface area (Å²) in [4.78, 5) is 0. The zero-order valence-corrected chi connectivity index (χ0v) is 12.5. The molecule has 1 aromatic carbocycles. The molecular formula is C19H19NO2. The van der Waals surface area contributed by atoms with Crippen LogP contribution in [0.5, 0.6) is 11.5 Å². The van der Waals surface area contributed by atoms with Gasteiger partial charge in [0.05, 0.1) is 11.6 Å². The van der Waals surface area contributed by atoms with Gasteiger partial charge in [0.1, 0.15) is 18.1 Å². The summed E-state index contributed by atoms with van der Waals surface area (Å²) in [6.45, 7) is 0.278. The second-order valence-corrected chi connectivity index (χ2v) is 5.68. The van der Waals surface area contributed by atoms with Crippen molar-refractivity contribution >= 4 is 0 Å². The summed E-state index contributed by atoms with van der Waals surface area (Å²) >= 11 is 0. The maximum atomic E-state index is 10.2. The molecule has 3 rings (SSSR count). The van der Waals surface area contributed by atoms with Gasteiger partial charge in [-0.3, -0.25) is 0 Å². The molecule has 0 bridgehead atoms. The third kappa shape index (κ3) is 3.23. The summed E-state index contributed by atoms with van der Waals surface area (Å²) in [5.41, 5.74) is 3.80. The van der Waals surface area contributed by atoms with Crippen LogP contribution in [-0.4, -0.2) is 11.7 Å². The van der Waals surface area contributed by atoms with Crippen LogP contribution in [0.25, 0.3) is 0 Å². The van der Waals surface area contributed by atoms with Crippen molar-refractivity contribution in [1.29, 1.82) is 5.26 Å². The topological polar surface area (TPSA) is 53.2 Å². The molecule has 22 heavy (non-hydrogen) atoms. The summed E-state index contributed by atoms with van der Waals surface area (Å²) < 4.78 is 5.69. The molecular weight excluding hydrogens is 274 g/mol. The van der Waals surface area contributed by atoms with Gasteiger partial charge >= 0.3 is 0 Å². The van der Waals surface area contributed by atoms with Gasteiger partial charge in [-0.05, 0) is 49.8 Å². The molecule has 1 aliphatic carbocycles. The van der Waals surface area contributed by atoms with Crippen LogP contribution >= 0.6 is 0 Å². The maximum absolute atomic E-state index is 10.2. The molecule has 0 unspecified atom stereocenters. The number of hydrogen-bond acceptors (Lipinski definition) is 3. The smallest absolute Gasteiger partial charge is 0.127 e. The predicted octanol–water partition coefficient (Wildman–Crippen LogP) is 3.99. The van der Waals surface area contributed by atoms with Gasteiger partial charge < -0.3 is 9.84 Å². The molecule has 1 aromatic rings. The Morgan fingerprint density at radius 2 is 2.09 bits per heavy atom. The van der Waals surface area contributed by atoms with Crippen molar-refractivity contribution in [1.82, 2.24) is 0 Å². The van der Waals surface area contributed by atoms with E-state index in [4.69, 9.17) is 10.00 Å². The van der Waals surface area contributed by atoms with Crippen molar-refractivity contribution in [2.24, 2.45) is 0 Å². The van der Waals surface area contributed by atoms with Gasteiger partial charge in [-0.2, -0.15) is 5.26 Å². The van der Waals surface area contributed by atoms with Crippen molar-refractivity contribution in [3.8, 4) is 17.6 Å². The highest BCUT2D eigenvalue weighted by molar-refractivity contribution is 5.50. The molecule has 0 aromatic heterocycles. The number of hydrogen-bond donors (Lipinski definition) is 1. The molecule has 0 radical (unpaired) electrons. The van der Waals surface area contributed by atoms with Crippen molar-refractivity contribution in [2.45, 2.75) is 32.1 Å². The molecule has 0 amide bonds. The number of aryl methyl sites for hydroxylation is 1. The minimum absolute atomic E-state index is 0.260. The second kappa shape index (κ2) is 6.53. The Kier molecular flexibility index (Phi) is 4.29. The van der Waals surface area contributed by atoms with Crippen molar-refractivity contribution < 1.29 is 9.84 Å². The fourth-order valence-electron chi connectivity index (χ4n) is 2.82. The van der Waals surface area contributed by atoms with Crippen LogP contribution in [0.2, 0.25) is 0 Å². The number of benzene rings is 1. The van der Waals surface area contributed by atoms with Crippen molar-refractivity contribution in [3.05, 3.63) is 58.7 Å². The molecule has 0 fully saturated rings. The van der Waals surface area contributed by atoms with Crippen LogP contribution in [0.1, 0.15) is 30.4 Å². The molecule has 1 N–H and O–H groups in total. The standard InChI is InChI=1S/C19H19NO2/c20-12-16-8-9-17-18(21)10-15(11-19(17)22-13-16)7-6-14-4-2-1-3-5-14/h2,4-5,8,10-11,21H,1,3,6-7,9,13H2. The van der Waals surface area contributed by atoms with E-state index in [0.29, 0.717) is 17.7 Å². The highest BCUT2D eigenvalue weighted by Gasteiger charge is 2.15. The molecule has 0 saturated carbocycles. The van der Waals surface area contributed by atoms with Crippen LogP contribution in [0.3, 0.4) is 0 Å². The van der Waals surface area contributed by atoms with Crippen LogP contribution in [0.15, 0.2) is 47.6 Å². The average molecular weight is 293 g/mol. The predicted molar refractivity (Wildman–Crippen MR) is 85.8 cm³/mol. The van der Waals surface area contributed by atoms with E-state index in [-0.39, 0.29) is 12.4 Å². The quantitative estimate of drug-likeness (QED) is 0.917. The average Bonchev–Trinajstić information content (AvgIpc) is 2.76. The number of phenolic OH excluding ortho intramolecular Hbond substituents is 1. The van der Waals surface area contributed by atoms with E-state index in [0.717, 1.165) is 36.8 Å². The fourth-order valence-corrected chi connectivity index (χ4v) is 2.82. The first-order valence-electron chi connectivity index (χ1n) is 7.68. The Hall–Kier alpha value is -2.47. The lowest BCUT2D eigenvalue weighted by atomic mass is 9.98. The Balaban J connectivity index is 1.75. The lowest BCUT2D eigenvalue weighted by Gasteiger charge is -2.12. The largest absolute Gasteiger partial charge is 0.508 e. The Labute approximate surface area is 130 Å². The minimum atomic E-state index is 0.260. The third-order valence-corrected chi connectivity index (χ3v) is 4.10. The first kappa shape index (κ1) is 14.5. The van der Waals surface area contributed by atoms with Gasteiger partial charge in [0, 0.05) is 5.56 Å². The van der Waals surface area contributed by atoms with E-state index in [9.17, 15) is 5.11 Å². The molecule has 3 nitrogen and oxygen atoms in total. The Bertz CT molecular complexity index is 705. The number of nitriles is 1. The zero-order chi connectivity index (χ0) is 15.4. The number of fused-ring (bicyclic) bond motifs is 1. The Morgan fingerprint density at radius 1 is 1.18 bits per heavy atom. The molecule has 112 valence electrons. The number of rotatable bonds is 3. The highest BCUT2D eigenvalue weighted by Crippen LogP contribution is 2.33. The van der Waals surface area contributed by atoms with E-state index >= 15 is 0 Å². The van der Waals surface area contributed by atoms with Gasteiger partial charge in [0.25, 0.3) is 0 Å². The minimum Gasteiger partial charge on any atom is -0.508 e. The van der Waals surface area contributed by atoms with Gasteiger partial charge in [-0.15, -0.1) is 0 Å². The third-order valence-electron chi connectivity index (χ3n) is 4.10. The van der Waals surface area contributed by atoms with Gasteiger partial charge in [-0.25, -0.2) is 0 Å². The SMILES string of the molecule is N#CC1=CCc2c(O)cc(CCC3=CCCC=C3)cc2OC1. The number of ether oxygens (including phenoxy) is 1. The summed E-state index contributed by atoms with van der Waals surface area (Å²) in [6, 6.07) is 5.94. The molecule has 3 heteroatoms. The first-order valence-corrected chi connectivity index (χ1v) is 7.68. The van der Waals surface area contributed by atoms with Crippen LogP contribution in [0.4, 0.5) is 0 Å². The molecule has 0 spiro atoms. The highest BCUT2D eigenvalue weighted by atomic mass is 16.5. The molecule has 1 heterocycles. The maximum Gasteiger partial charge on any atom is 0.127 e. The van der Waals surface area contributed by atoms with E-state index in [1.165, 1.54) is 5.57 Å². The van der Waals surface area contributed by atoms with Crippen molar-refractivity contribution in [3.63, 3.8) is 0 Å². The van der Waals surface area contributed by atoms with Gasteiger partial charge in [-0.1, -0.05) is 29.9 Å². The number of nitrogens with zero attached hydrogens (tertiary/aromatic N) is 1. The summed E-state index contributed by atoms with van der Waals surface area (Å²) in [5.74, 6) is 0.959. The molecule has 1 aliphatic heterocycles. The zero-order valence-electron chi connectivity index (χ0n) is 12.5. The Morgan fingerprint density at radius 3 is 2.86 bits per heavy atom. The van der Waals surface area contributed by atoms with Crippen LogP contribution in [-0.2, 0) is 12.8 Å². The van der Waals surface area contributed by atoms with Gasteiger partial charge in [0.2, 0.25) is 0 Å². The molecule has 2 aliphatic rings. The van der Waals surface area contributed by atoms with E-state index in [1.54, 1.807) is 0 Å². The second-order valence-electron chi connectivity index (χ2n) is 5.68. The van der Waals surface area contributed by atoms with E-state index in [1.807, 2.05) is 18.2 Å². The lowest BCUT2D eigenvalue weighted by molar-refractivity contribution is 0.352. The van der Waals surface area contributed by atoms with Crippen molar-refractivity contribution in [2.75, 3.05) is 6.61 Å². The molecule has 0 saturated heterocycles. The summed E-state index contributed by atoms with van der Waals surface area (Å²) in [6.07, 6.45) is 13.1. The molecule has 0 atom stereocenters. The fraction of sp³-hybridized carbons (Fsp3) is 0.316. The normalized spacial score (nSPS) is 16.7. The lowest BCUT2D eigenvalue weighted by Crippen LogP contribution is -2.00. The van der Waals surface area contributed by atoms with Crippen LogP contribution in [0, 0.1) is 11.3 Å². The van der Waals surface area contributed by atoms with E-state index < -0.39 is 0 Å². The number of allylic oxidation sites excluding steroid dienone is 5.